The second-order valence-corrected chi connectivity index (χ2v) is 6.47. The van der Waals surface area contributed by atoms with E-state index in [0.29, 0.717) is 0 Å². The summed E-state index contributed by atoms with van der Waals surface area (Å²) in [6.45, 7) is 2.49. The highest BCUT2D eigenvalue weighted by Gasteiger charge is 2.45. The van der Waals surface area contributed by atoms with E-state index in [4.69, 9.17) is 12.6 Å². The molecule has 2 atom stereocenters. The van der Waals surface area contributed by atoms with Crippen LogP contribution in [0.15, 0.2) is 18.2 Å². The third-order valence-electron chi connectivity index (χ3n) is 5.13. The number of hydrogen-bond acceptors (Lipinski definition) is 2. The van der Waals surface area contributed by atoms with E-state index in [9.17, 15) is 0 Å². The summed E-state index contributed by atoms with van der Waals surface area (Å²) < 4.78 is 6.36. The minimum atomic E-state index is 0.0641. The van der Waals surface area contributed by atoms with Crippen molar-refractivity contribution in [2.24, 2.45) is 0 Å². The van der Waals surface area contributed by atoms with E-state index in [0.717, 1.165) is 30.1 Å². The summed E-state index contributed by atoms with van der Waals surface area (Å²) in [5.74, 6) is 1.07. The fourth-order valence-electron chi connectivity index (χ4n) is 4.17. The molecule has 3 heterocycles. The number of fused-ring (bicyclic) bond motifs is 2. The lowest BCUT2D eigenvalue weighted by Gasteiger charge is -2.46. The summed E-state index contributed by atoms with van der Waals surface area (Å²) in [6, 6.07) is 6.84. The predicted molar refractivity (Wildman–Crippen MR) is 77.3 cm³/mol. The molecule has 0 N–H and O–H groups in total. The molecular weight excluding hydrogens is 233 g/mol. The first kappa shape index (κ1) is 11.8. The van der Waals surface area contributed by atoms with Crippen LogP contribution in [-0.4, -0.2) is 37.5 Å². The maximum atomic E-state index is 6.36. The van der Waals surface area contributed by atoms with Crippen LogP contribution in [0.2, 0.25) is 0 Å². The molecule has 2 unspecified atom stereocenters. The van der Waals surface area contributed by atoms with Gasteiger partial charge in [0, 0.05) is 31.8 Å². The van der Waals surface area contributed by atoms with Crippen LogP contribution in [0, 0.1) is 0 Å². The fourth-order valence-corrected chi connectivity index (χ4v) is 4.17. The molecular formula is C16H20BNO. The van der Waals surface area contributed by atoms with Gasteiger partial charge in [0.2, 0.25) is 0 Å². The molecule has 2 saturated heterocycles. The predicted octanol–water partition coefficient (Wildman–Crippen LogP) is 1.80. The molecule has 0 saturated carbocycles. The summed E-state index contributed by atoms with van der Waals surface area (Å²) in [5.41, 5.74) is 2.23. The monoisotopic (exact) mass is 253 g/mol. The van der Waals surface area contributed by atoms with Gasteiger partial charge in [0.1, 0.15) is 19.2 Å². The van der Waals surface area contributed by atoms with Gasteiger partial charge in [0.05, 0.1) is 0 Å². The summed E-state index contributed by atoms with van der Waals surface area (Å²) >= 11 is 0. The summed E-state index contributed by atoms with van der Waals surface area (Å²) in [6.07, 6.45) is 7.53. The van der Waals surface area contributed by atoms with Crippen molar-refractivity contribution in [3.05, 3.63) is 23.8 Å². The van der Waals surface area contributed by atoms with Gasteiger partial charge < -0.3 is 9.64 Å². The van der Waals surface area contributed by atoms with Crippen molar-refractivity contribution in [2.45, 2.75) is 50.2 Å². The van der Waals surface area contributed by atoms with Crippen molar-refractivity contribution >= 4 is 13.3 Å². The molecule has 4 rings (SSSR count). The molecule has 0 bridgehead atoms. The molecule has 1 aromatic rings. The smallest absolute Gasteiger partial charge is 0.123 e. The van der Waals surface area contributed by atoms with Gasteiger partial charge in [-0.2, -0.15) is 0 Å². The number of hydrogen-bond donors (Lipinski definition) is 0. The van der Waals surface area contributed by atoms with E-state index in [1.165, 1.54) is 44.3 Å². The molecule has 1 aromatic carbocycles. The Morgan fingerprint density at radius 3 is 3.16 bits per heavy atom. The van der Waals surface area contributed by atoms with Crippen LogP contribution in [-0.2, 0) is 6.42 Å². The molecule has 3 heteroatoms. The first-order chi connectivity index (χ1) is 9.24. The number of ether oxygens (including phenoxy) is 1. The minimum absolute atomic E-state index is 0.0641. The van der Waals surface area contributed by atoms with Crippen molar-refractivity contribution < 1.29 is 4.74 Å². The highest BCUT2D eigenvalue weighted by atomic mass is 16.5. The Morgan fingerprint density at radius 2 is 2.21 bits per heavy atom. The van der Waals surface area contributed by atoms with E-state index < -0.39 is 0 Å². The van der Waals surface area contributed by atoms with Crippen LogP contribution in [0.5, 0.6) is 5.75 Å². The number of nitrogens with zero attached hydrogens (tertiary/aromatic N) is 1. The summed E-state index contributed by atoms with van der Waals surface area (Å²) in [5, 5.41) is 0. The van der Waals surface area contributed by atoms with Crippen molar-refractivity contribution in [2.75, 3.05) is 13.1 Å². The first-order valence-corrected chi connectivity index (χ1v) is 7.56. The van der Waals surface area contributed by atoms with Crippen LogP contribution < -0.4 is 10.2 Å². The summed E-state index contributed by atoms with van der Waals surface area (Å²) in [7, 11) is 5.89. The van der Waals surface area contributed by atoms with E-state index in [2.05, 4.69) is 11.0 Å². The van der Waals surface area contributed by atoms with E-state index >= 15 is 0 Å². The van der Waals surface area contributed by atoms with E-state index in [1.54, 1.807) is 0 Å². The number of rotatable bonds is 0. The SMILES string of the molecule is [B]c1ccc2c(c1)CC1(CCN3CCCCC3C1)O2. The number of benzene rings is 1. The van der Waals surface area contributed by atoms with Gasteiger partial charge in [-0.25, -0.2) is 0 Å². The first-order valence-electron chi connectivity index (χ1n) is 7.56. The Hall–Kier alpha value is -0.955. The highest BCUT2D eigenvalue weighted by Crippen LogP contribution is 2.43. The van der Waals surface area contributed by atoms with Gasteiger partial charge in [-0.15, -0.1) is 0 Å². The van der Waals surface area contributed by atoms with Gasteiger partial charge in [0.25, 0.3) is 0 Å². The maximum Gasteiger partial charge on any atom is 0.123 e. The average Bonchev–Trinajstić information content (AvgIpc) is 2.75. The standard InChI is InChI=1S/C16H20BNO/c17-13-4-5-15-12(9-13)10-16(19-15)6-8-18-7-2-1-3-14(18)11-16/h4-5,9,14H,1-3,6-8,10-11H2. The van der Waals surface area contributed by atoms with Crippen LogP contribution in [0.1, 0.15) is 37.7 Å². The molecule has 19 heavy (non-hydrogen) atoms. The average molecular weight is 253 g/mol. The Bertz CT molecular complexity index is 504. The van der Waals surface area contributed by atoms with Crippen LogP contribution in [0.4, 0.5) is 0 Å². The largest absolute Gasteiger partial charge is 0.487 e. The highest BCUT2D eigenvalue weighted by molar-refractivity contribution is 6.32. The second-order valence-electron chi connectivity index (χ2n) is 6.47. The Balaban J connectivity index is 1.57. The van der Waals surface area contributed by atoms with Crippen molar-refractivity contribution in [3.8, 4) is 5.75 Å². The molecule has 2 fully saturated rings. The minimum Gasteiger partial charge on any atom is -0.487 e. The van der Waals surface area contributed by atoms with Crippen LogP contribution in [0.25, 0.3) is 0 Å². The number of piperidine rings is 2. The van der Waals surface area contributed by atoms with Crippen molar-refractivity contribution in [1.82, 2.24) is 4.90 Å². The third kappa shape index (κ3) is 1.99. The zero-order valence-electron chi connectivity index (χ0n) is 11.4. The lowest BCUT2D eigenvalue weighted by atomic mass is 9.79. The molecule has 3 aliphatic rings. The third-order valence-corrected chi connectivity index (χ3v) is 5.13. The van der Waals surface area contributed by atoms with Crippen LogP contribution >= 0.6 is 0 Å². The molecule has 98 valence electrons. The zero-order valence-corrected chi connectivity index (χ0v) is 11.4. The van der Waals surface area contributed by atoms with Crippen molar-refractivity contribution in [1.29, 1.82) is 0 Å². The van der Waals surface area contributed by atoms with Gasteiger partial charge in [-0.05, 0) is 31.0 Å². The van der Waals surface area contributed by atoms with E-state index in [-0.39, 0.29) is 5.60 Å². The quantitative estimate of drug-likeness (QED) is 0.654. The van der Waals surface area contributed by atoms with Crippen molar-refractivity contribution in [3.63, 3.8) is 0 Å². The van der Waals surface area contributed by atoms with Gasteiger partial charge in [0.15, 0.2) is 0 Å². The Labute approximate surface area is 116 Å². The van der Waals surface area contributed by atoms with E-state index in [1.807, 2.05) is 12.1 Å². The molecule has 0 aromatic heterocycles. The van der Waals surface area contributed by atoms with Gasteiger partial charge in [-0.3, -0.25) is 0 Å². The lowest BCUT2D eigenvalue weighted by Crippen LogP contribution is -2.54. The fraction of sp³-hybridized carbons (Fsp3) is 0.625. The normalized spacial score (nSPS) is 33.8. The Morgan fingerprint density at radius 1 is 1.26 bits per heavy atom. The molecule has 1 spiro atoms. The molecule has 3 aliphatic heterocycles. The molecule has 2 nitrogen and oxygen atoms in total. The lowest BCUT2D eigenvalue weighted by molar-refractivity contribution is -0.0249. The zero-order chi connectivity index (χ0) is 12.9. The summed E-state index contributed by atoms with van der Waals surface area (Å²) in [4.78, 5) is 2.68. The molecule has 2 radical (unpaired) electrons. The topological polar surface area (TPSA) is 12.5 Å². The molecule has 0 aliphatic carbocycles. The maximum absolute atomic E-state index is 6.36. The van der Waals surface area contributed by atoms with Crippen LogP contribution in [0.3, 0.4) is 0 Å². The molecule has 0 amide bonds. The van der Waals surface area contributed by atoms with Gasteiger partial charge >= 0.3 is 0 Å². The Kier molecular flexibility index (Phi) is 2.66. The second kappa shape index (κ2) is 4.27. The van der Waals surface area contributed by atoms with Gasteiger partial charge in [-0.1, -0.05) is 24.0 Å².